The molecule has 2 heterocycles. The molecular formula is C13H11BrN2. The standard InChI is InChI=1S/C13H11N2.BrH/c1-4-8-15(9-5-1)13-10-11-6-2-3-7-12(11)14-13;/h1-10,14H;1H/q+1;/p-1. The van der Waals surface area contributed by atoms with Crippen molar-refractivity contribution in [1.29, 1.82) is 0 Å². The molecule has 3 aromatic rings. The highest BCUT2D eigenvalue weighted by atomic mass is 79.9. The average molecular weight is 275 g/mol. The first kappa shape index (κ1) is 10.9. The van der Waals surface area contributed by atoms with Gasteiger partial charge in [0.1, 0.15) is 5.52 Å². The van der Waals surface area contributed by atoms with Crippen LogP contribution in [0.15, 0.2) is 60.9 Å². The summed E-state index contributed by atoms with van der Waals surface area (Å²) < 4.78 is 2.07. The molecule has 0 fully saturated rings. The van der Waals surface area contributed by atoms with Crippen LogP contribution in [-0.4, -0.2) is 4.98 Å². The van der Waals surface area contributed by atoms with E-state index < -0.39 is 0 Å². The van der Waals surface area contributed by atoms with Gasteiger partial charge in [-0.25, -0.2) is 9.55 Å². The van der Waals surface area contributed by atoms with Crippen LogP contribution in [0.5, 0.6) is 0 Å². The predicted octanol–water partition coefficient (Wildman–Crippen LogP) is -0.551. The fourth-order valence-electron chi connectivity index (χ4n) is 1.76. The van der Waals surface area contributed by atoms with Gasteiger partial charge in [-0.05, 0) is 18.2 Å². The number of H-pyrrole nitrogens is 1. The zero-order valence-corrected chi connectivity index (χ0v) is 10.2. The Labute approximate surface area is 104 Å². The summed E-state index contributed by atoms with van der Waals surface area (Å²) in [6, 6.07) is 16.5. The number of aromatic amines is 1. The topological polar surface area (TPSA) is 19.7 Å². The molecule has 0 radical (unpaired) electrons. The van der Waals surface area contributed by atoms with E-state index in [9.17, 15) is 0 Å². The quantitative estimate of drug-likeness (QED) is 0.575. The van der Waals surface area contributed by atoms with E-state index in [-0.39, 0.29) is 17.0 Å². The lowest BCUT2D eigenvalue weighted by molar-refractivity contribution is -0.599. The van der Waals surface area contributed by atoms with E-state index in [0.29, 0.717) is 0 Å². The Bertz CT molecular complexity index is 554. The van der Waals surface area contributed by atoms with Gasteiger partial charge in [0, 0.05) is 11.5 Å². The molecule has 0 spiro atoms. The number of hydrogen-bond donors (Lipinski definition) is 1. The molecule has 3 heteroatoms. The van der Waals surface area contributed by atoms with Crippen LogP contribution in [0.2, 0.25) is 0 Å². The summed E-state index contributed by atoms with van der Waals surface area (Å²) in [7, 11) is 0. The summed E-state index contributed by atoms with van der Waals surface area (Å²) in [6.07, 6.45) is 4.06. The number of aromatic nitrogens is 2. The summed E-state index contributed by atoms with van der Waals surface area (Å²) in [5, 5.41) is 1.24. The smallest absolute Gasteiger partial charge is 0.284 e. The van der Waals surface area contributed by atoms with Crippen LogP contribution in [-0.2, 0) is 0 Å². The average Bonchev–Trinajstić information content (AvgIpc) is 2.74. The van der Waals surface area contributed by atoms with Crippen molar-refractivity contribution in [2.75, 3.05) is 0 Å². The van der Waals surface area contributed by atoms with Crippen LogP contribution in [0.25, 0.3) is 16.7 Å². The van der Waals surface area contributed by atoms with Gasteiger partial charge in [0.05, 0.1) is 12.4 Å². The van der Waals surface area contributed by atoms with E-state index >= 15 is 0 Å². The maximum Gasteiger partial charge on any atom is 0.284 e. The normalized spacial score (nSPS) is 10.0. The van der Waals surface area contributed by atoms with E-state index in [4.69, 9.17) is 0 Å². The maximum atomic E-state index is 3.37. The SMILES string of the molecule is [Br-].c1cc[n+](-c2cc3ccccc3[nH]2)cc1. The minimum atomic E-state index is 0. The minimum Gasteiger partial charge on any atom is -1.00 e. The first-order chi connectivity index (χ1) is 7.43. The summed E-state index contributed by atoms with van der Waals surface area (Å²) >= 11 is 0. The van der Waals surface area contributed by atoms with Crippen molar-refractivity contribution in [3.8, 4) is 5.82 Å². The number of pyridine rings is 1. The zero-order valence-electron chi connectivity index (χ0n) is 8.60. The number of hydrogen-bond acceptors (Lipinski definition) is 0. The van der Waals surface area contributed by atoms with Gasteiger partial charge < -0.3 is 17.0 Å². The number of benzene rings is 1. The van der Waals surface area contributed by atoms with Crippen LogP contribution in [0.4, 0.5) is 0 Å². The van der Waals surface area contributed by atoms with Crippen LogP contribution in [0.1, 0.15) is 0 Å². The highest BCUT2D eigenvalue weighted by Gasteiger charge is 2.07. The van der Waals surface area contributed by atoms with Crippen molar-refractivity contribution in [2.24, 2.45) is 0 Å². The fraction of sp³-hybridized carbons (Fsp3) is 0. The number of halogens is 1. The lowest BCUT2D eigenvalue weighted by Crippen LogP contribution is -3.00. The maximum absolute atomic E-state index is 3.37. The Kier molecular flexibility index (Phi) is 3.06. The monoisotopic (exact) mass is 274 g/mol. The van der Waals surface area contributed by atoms with Crippen molar-refractivity contribution < 1.29 is 21.5 Å². The van der Waals surface area contributed by atoms with Crippen LogP contribution < -0.4 is 21.5 Å². The number of rotatable bonds is 1. The second-order valence-electron chi connectivity index (χ2n) is 3.52. The third kappa shape index (κ3) is 1.86. The summed E-state index contributed by atoms with van der Waals surface area (Å²) in [5.74, 6) is 1.09. The molecule has 0 unspecified atom stereocenters. The van der Waals surface area contributed by atoms with Crippen LogP contribution in [0, 0.1) is 0 Å². The molecule has 0 amide bonds. The largest absolute Gasteiger partial charge is 1.00 e. The molecule has 2 aromatic heterocycles. The van der Waals surface area contributed by atoms with Gasteiger partial charge in [0.15, 0.2) is 0 Å². The van der Waals surface area contributed by atoms with E-state index in [0.717, 1.165) is 5.82 Å². The number of nitrogens with zero attached hydrogens (tertiary/aromatic N) is 1. The first-order valence-electron chi connectivity index (χ1n) is 4.98. The number of fused-ring (bicyclic) bond motifs is 1. The zero-order chi connectivity index (χ0) is 10.1. The molecule has 2 nitrogen and oxygen atoms in total. The van der Waals surface area contributed by atoms with Gasteiger partial charge >= 0.3 is 0 Å². The Morgan fingerprint density at radius 1 is 0.875 bits per heavy atom. The Morgan fingerprint density at radius 3 is 2.38 bits per heavy atom. The van der Waals surface area contributed by atoms with Crippen molar-refractivity contribution in [2.45, 2.75) is 0 Å². The highest BCUT2D eigenvalue weighted by molar-refractivity contribution is 5.81. The van der Waals surface area contributed by atoms with Crippen molar-refractivity contribution in [3.63, 3.8) is 0 Å². The van der Waals surface area contributed by atoms with Crippen molar-refractivity contribution >= 4 is 10.9 Å². The summed E-state index contributed by atoms with van der Waals surface area (Å²) in [4.78, 5) is 3.37. The molecule has 0 aliphatic rings. The van der Waals surface area contributed by atoms with Gasteiger partial charge in [-0.15, -0.1) is 0 Å². The highest BCUT2D eigenvalue weighted by Crippen LogP contribution is 2.13. The van der Waals surface area contributed by atoms with E-state index in [1.54, 1.807) is 0 Å². The molecule has 0 bridgehead atoms. The first-order valence-corrected chi connectivity index (χ1v) is 4.98. The fourth-order valence-corrected chi connectivity index (χ4v) is 1.76. The van der Waals surface area contributed by atoms with Gasteiger partial charge in [0.25, 0.3) is 5.82 Å². The predicted molar refractivity (Wildman–Crippen MR) is 59.8 cm³/mol. The van der Waals surface area contributed by atoms with E-state index in [2.05, 4.69) is 33.8 Å². The van der Waals surface area contributed by atoms with Crippen LogP contribution in [0.3, 0.4) is 0 Å². The Balaban J connectivity index is 0.000000963. The molecule has 1 N–H and O–H groups in total. The van der Waals surface area contributed by atoms with E-state index in [1.807, 2.05) is 36.7 Å². The molecule has 1 aromatic carbocycles. The van der Waals surface area contributed by atoms with Gasteiger partial charge in [0.2, 0.25) is 0 Å². The number of para-hydroxylation sites is 1. The molecule has 80 valence electrons. The molecule has 16 heavy (non-hydrogen) atoms. The molecule has 0 aliphatic heterocycles. The van der Waals surface area contributed by atoms with E-state index in [1.165, 1.54) is 10.9 Å². The molecule has 0 saturated heterocycles. The van der Waals surface area contributed by atoms with Crippen LogP contribution >= 0.6 is 0 Å². The van der Waals surface area contributed by atoms with Crippen molar-refractivity contribution in [3.05, 3.63) is 60.9 Å². The van der Waals surface area contributed by atoms with Gasteiger partial charge in [-0.3, -0.25) is 0 Å². The Morgan fingerprint density at radius 2 is 1.62 bits per heavy atom. The lowest BCUT2D eigenvalue weighted by Gasteiger charge is -1.90. The lowest BCUT2D eigenvalue weighted by atomic mass is 10.2. The second-order valence-corrected chi connectivity index (χ2v) is 3.52. The molecule has 0 saturated carbocycles. The minimum absolute atomic E-state index is 0. The summed E-state index contributed by atoms with van der Waals surface area (Å²) in [5.41, 5.74) is 1.17. The Hall–Kier alpha value is -1.61. The molecular weight excluding hydrogens is 264 g/mol. The molecule has 0 atom stereocenters. The molecule has 3 rings (SSSR count). The third-order valence-electron chi connectivity index (χ3n) is 2.51. The van der Waals surface area contributed by atoms with Gasteiger partial charge in [-0.2, -0.15) is 0 Å². The molecule has 0 aliphatic carbocycles. The summed E-state index contributed by atoms with van der Waals surface area (Å²) in [6.45, 7) is 0. The number of nitrogens with one attached hydrogen (secondary N) is 1. The van der Waals surface area contributed by atoms with Gasteiger partial charge in [-0.1, -0.05) is 24.3 Å². The second kappa shape index (κ2) is 4.49. The van der Waals surface area contributed by atoms with Crippen molar-refractivity contribution in [1.82, 2.24) is 4.98 Å². The third-order valence-corrected chi connectivity index (χ3v) is 2.51.